The summed E-state index contributed by atoms with van der Waals surface area (Å²) >= 11 is 5.94. The van der Waals surface area contributed by atoms with Gasteiger partial charge in [-0.1, -0.05) is 23.3 Å². The van der Waals surface area contributed by atoms with E-state index >= 15 is 0 Å². The van der Waals surface area contributed by atoms with Gasteiger partial charge < -0.3 is 5.32 Å². The van der Waals surface area contributed by atoms with Gasteiger partial charge in [-0.05, 0) is 36.7 Å². The van der Waals surface area contributed by atoms with Gasteiger partial charge in [-0.15, -0.1) is 0 Å². The van der Waals surface area contributed by atoms with Gasteiger partial charge in [0.1, 0.15) is 5.82 Å². The van der Waals surface area contributed by atoms with Gasteiger partial charge in [0.15, 0.2) is 0 Å². The minimum Gasteiger partial charge on any atom is -0.313 e. The molecule has 0 atom stereocenters. The zero-order valence-electron chi connectivity index (χ0n) is 7.69. The lowest BCUT2D eigenvalue weighted by Crippen LogP contribution is -2.04. The summed E-state index contributed by atoms with van der Waals surface area (Å²) in [5, 5.41) is 3.82. The topological polar surface area (TPSA) is 12.0 Å². The molecule has 0 unspecified atom stereocenters. The van der Waals surface area contributed by atoms with Gasteiger partial charge in [0.05, 0.1) is 0 Å². The van der Waals surface area contributed by atoms with Crippen LogP contribution < -0.4 is 5.32 Å². The molecule has 0 radical (unpaired) electrons. The summed E-state index contributed by atoms with van der Waals surface area (Å²) in [6.45, 7) is 1.88. The van der Waals surface area contributed by atoms with Crippen molar-refractivity contribution in [2.75, 3.05) is 13.1 Å². The van der Waals surface area contributed by atoms with Gasteiger partial charge in [-0.2, -0.15) is 0 Å². The molecular formula is C11H11ClFN. The molecule has 0 bridgehead atoms. The van der Waals surface area contributed by atoms with E-state index in [1.54, 1.807) is 6.07 Å². The van der Waals surface area contributed by atoms with Crippen molar-refractivity contribution in [3.8, 4) is 0 Å². The number of rotatable bonds is 1. The maximum Gasteiger partial charge on any atom is 0.123 e. The van der Waals surface area contributed by atoms with Crippen LogP contribution in [0.25, 0.3) is 6.08 Å². The highest BCUT2D eigenvalue weighted by Gasteiger charge is 2.07. The molecule has 0 aliphatic carbocycles. The first-order valence-corrected chi connectivity index (χ1v) is 4.99. The Morgan fingerprint density at radius 3 is 3.00 bits per heavy atom. The Bertz CT molecular complexity index is 366. The quantitative estimate of drug-likeness (QED) is 0.753. The summed E-state index contributed by atoms with van der Waals surface area (Å²) < 4.78 is 12.9. The van der Waals surface area contributed by atoms with Crippen LogP contribution in [0.4, 0.5) is 4.39 Å². The van der Waals surface area contributed by atoms with Gasteiger partial charge in [0.25, 0.3) is 0 Å². The van der Waals surface area contributed by atoms with Gasteiger partial charge in [0.2, 0.25) is 0 Å². The van der Waals surface area contributed by atoms with Crippen molar-refractivity contribution in [2.24, 2.45) is 0 Å². The Labute approximate surface area is 87.6 Å². The van der Waals surface area contributed by atoms with Gasteiger partial charge in [-0.3, -0.25) is 0 Å². The van der Waals surface area contributed by atoms with Crippen LogP contribution in [0.5, 0.6) is 0 Å². The minimum atomic E-state index is -0.243. The number of benzene rings is 1. The highest BCUT2D eigenvalue weighted by Crippen LogP contribution is 2.21. The van der Waals surface area contributed by atoms with Crippen LogP contribution in [0.2, 0.25) is 5.02 Å². The highest BCUT2D eigenvalue weighted by atomic mass is 35.5. The first kappa shape index (κ1) is 9.69. The summed E-state index contributed by atoms with van der Waals surface area (Å²) in [6.07, 6.45) is 2.98. The lowest BCUT2D eigenvalue weighted by Gasteiger charge is -2.00. The number of nitrogens with one attached hydrogen (secondary N) is 1. The zero-order valence-corrected chi connectivity index (χ0v) is 8.44. The molecule has 0 amide bonds. The molecule has 1 nitrogen and oxygen atoms in total. The summed E-state index contributed by atoms with van der Waals surface area (Å²) in [5.74, 6) is -0.243. The van der Waals surface area contributed by atoms with E-state index in [1.165, 1.54) is 17.7 Å². The third-order valence-corrected chi connectivity index (χ3v) is 2.64. The van der Waals surface area contributed by atoms with Crippen molar-refractivity contribution in [3.63, 3.8) is 0 Å². The van der Waals surface area contributed by atoms with Crippen LogP contribution in [0.15, 0.2) is 23.8 Å². The Morgan fingerprint density at radius 2 is 2.29 bits per heavy atom. The summed E-state index contributed by atoms with van der Waals surface area (Å²) in [4.78, 5) is 0. The molecule has 3 heteroatoms. The Hall–Kier alpha value is -0.860. The molecule has 1 aliphatic heterocycles. The fourth-order valence-corrected chi connectivity index (χ4v) is 1.73. The van der Waals surface area contributed by atoms with E-state index in [9.17, 15) is 4.39 Å². The molecular weight excluding hydrogens is 201 g/mol. The fraction of sp³-hybridized carbons (Fsp3) is 0.273. The third-order valence-electron chi connectivity index (χ3n) is 2.29. The average molecular weight is 212 g/mol. The second kappa shape index (κ2) is 4.11. The maximum absolute atomic E-state index is 12.9. The van der Waals surface area contributed by atoms with E-state index in [4.69, 9.17) is 11.6 Å². The number of hydrogen-bond donors (Lipinski definition) is 1. The molecule has 1 fully saturated rings. The maximum atomic E-state index is 12.9. The van der Waals surface area contributed by atoms with Crippen molar-refractivity contribution in [1.82, 2.24) is 5.32 Å². The molecule has 1 heterocycles. The molecule has 1 saturated heterocycles. The van der Waals surface area contributed by atoms with Crippen molar-refractivity contribution < 1.29 is 4.39 Å². The minimum absolute atomic E-state index is 0.243. The largest absolute Gasteiger partial charge is 0.313 e. The van der Waals surface area contributed by atoms with Gasteiger partial charge in [-0.25, -0.2) is 4.39 Å². The molecule has 0 saturated carbocycles. The predicted molar refractivity (Wildman–Crippen MR) is 56.9 cm³/mol. The zero-order chi connectivity index (χ0) is 9.97. The summed E-state index contributed by atoms with van der Waals surface area (Å²) in [6, 6.07) is 4.43. The second-order valence-electron chi connectivity index (χ2n) is 3.40. The van der Waals surface area contributed by atoms with Crippen molar-refractivity contribution in [1.29, 1.82) is 0 Å². The molecule has 1 aliphatic rings. The van der Waals surface area contributed by atoms with E-state index in [0.717, 1.165) is 25.1 Å². The first-order chi connectivity index (χ1) is 6.75. The summed E-state index contributed by atoms with van der Waals surface area (Å²) in [5.41, 5.74) is 2.04. The lowest BCUT2D eigenvalue weighted by atomic mass is 10.1. The normalized spacial score (nSPS) is 19.1. The molecule has 0 spiro atoms. The van der Waals surface area contributed by atoms with Crippen LogP contribution in [-0.2, 0) is 0 Å². The van der Waals surface area contributed by atoms with Crippen LogP contribution in [-0.4, -0.2) is 13.1 Å². The Kier molecular flexibility index (Phi) is 2.85. The smallest absolute Gasteiger partial charge is 0.123 e. The number of hydrogen-bond acceptors (Lipinski definition) is 1. The number of halogens is 2. The second-order valence-corrected chi connectivity index (χ2v) is 3.80. The van der Waals surface area contributed by atoms with Crippen molar-refractivity contribution in [3.05, 3.63) is 40.2 Å². The molecule has 0 aromatic heterocycles. The van der Waals surface area contributed by atoms with Gasteiger partial charge >= 0.3 is 0 Å². The SMILES string of the molecule is Fc1ccc(Cl)c(/C=C2/CCNC2)c1. The lowest BCUT2D eigenvalue weighted by molar-refractivity contribution is 0.627. The monoisotopic (exact) mass is 211 g/mol. The fourth-order valence-electron chi connectivity index (χ4n) is 1.55. The molecule has 1 aromatic rings. The summed E-state index contributed by atoms with van der Waals surface area (Å²) in [7, 11) is 0. The predicted octanol–water partition coefficient (Wildman–Crippen LogP) is 2.86. The highest BCUT2D eigenvalue weighted by molar-refractivity contribution is 6.32. The van der Waals surface area contributed by atoms with E-state index in [0.29, 0.717) is 5.02 Å². The van der Waals surface area contributed by atoms with E-state index < -0.39 is 0 Å². The Morgan fingerprint density at radius 1 is 1.43 bits per heavy atom. The molecule has 74 valence electrons. The van der Waals surface area contributed by atoms with Crippen LogP contribution >= 0.6 is 11.6 Å². The molecule has 1 N–H and O–H groups in total. The van der Waals surface area contributed by atoms with E-state index in [-0.39, 0.29) is 5.82 Å². The Balaban J connectivity index is 2.31. The van der Waals surface area contributed by atoms with E-state index in [1.807, 2.05) is 6.08 Å². The average Bonchev–Trinajstić information content (AvgIpc) is 2.64. The van der Waals surface area contributed by atoms with Crippen LogP contribution in [0, 0.1) is 5.82 Å². The van der Waals surface area contributed by atoms with Crippen molar-refractivity contribution in [2.45, 2.75) is 6.42 Å². The van der Waals surface area contributed by atoms with Crippen LogP contribution in [0.1, 0.15) is 12.0 Å². The third kappa shape index (κ3) is 2.14. The van der Waals surface area contributed by atoms with Gasteiger partial charge in [0, 0.05) is 11.6 Å². The first-order valence-electron chi connectivity index (χ1n) is 4.61. The molecule has 14 heavy (non-hydrogen) atoms. The van der Waals surface area contributed by atoms with Crippen LogP contribution in [0.3, 0.4) is 0 Å². The molecule has 1 aromatic carbocycles. The van der Waals surface area contributed by atoms with E-state index in [2.05, 4.69) is 5.32 Å². The molecule has 2 rings (SSSR count). The standard InChI is InChI=1S/C11H11ClFN/c12-11-2-1-10(13)6-9(11)5-8-3-4-14-7-8/h1-2,5-6,14H,3-4,7H2/b8-5-. The van der Waals surface area contributed by atoms with Crippen molar-refractivity contribution >= 4 is 17.7 Å².